The van der Waals surface area contributed by atoms with Crippen molar-refractivity contribution in [2.75, 3.05) is 7.05 Å². The van der Waals surface area contributed by atoms with Crippen molar-refractivity contribution >= 4 is 0 Å². The summed E-state index contributed by atoms with van der Waals surface area (Å²) in [4.78, 5) is 4.47. The molecule has 2 atom stereocenters. The summed E-state index contributed by atoms with van der Waals surface area (Å²) in [6.45, 7) is 6.65. The van der Waals surface area contributed by atoms with Gasteiger partial charge in [-0.25, -0.2) is 0 Å². The van der Waals surface area contributed by atoms with Crippen molar-refractivity contribution in [3.8, 4) is 0 Å². The highest BCUT2D eigenvalue weighted by Gasteiger charge is 2.49. The van der Waals surface area contributed by atoms with Gasteiger partial charge in [0.2, 0.25) is 5.89 Å². The van der Waals surface area contributed by atoms with Gasteiger partial charge in [0.05, 0.1) is 0 Å². The Kier molecular flexibility index (Phi) is 3.02. The molecule has 0 spiro atoms. The van der Waals surface area contributed by atoms with Gasteiger partial charge < -0.3 is 9.84 Å². The average Bonchev–Trinajstić information content (AvgIpc) is 2.70. The fourth-order valence-corrected chi connectivity index (χ4v) is 1.90. The van der Waals surface area contributed by atoms with Crippen molar-refractivity contribution in [3.05, 3.63) is 11.7 Å². The van der Waals surface area contributed by atoms with E-state index in [1.807, 2.05) is 7.05 Å². The maximum atomic E-state index is 5.27. The maximum absolute atomic E-state index is 5.27. The molecular formula is C12H21N3O. The van der Waals surface area contributed by atoms with Crippen LogP contribution in [0.4, 0.5) is 0 Å². The highest BCUT2D eigenvalue weighted by atomic mass is 16.5. The van der Waals surface area contributed by atoms with E-state index in [0.29, 0.717) is 17.4 Å². The summed E-state index contributed by atoms with van der Waals surface area (Å²) < 4.78 is 5.27. The van der Waals surface area contributed by atoms with E-state index < -0.39 is 0 Å². The molecular weight excluding hydrogens is 202 g/mol. The lowest BCUT2D eigenvalue weighted by atomic mass is 10.1. The van der Waals surface area contributed by atoms with Crippen LogP contribution in [0.2, 0.25) is 0 Å². The van der Waals surface area contributed by atoms with Crippen LogP contribution in [0.5, 0.6) is 0 Å². The molecule has 0 aromatic carbocycles. The molecule has 0 bridgehead atoms. The first kappa shape index (κ1) is 11.6. The van der Waals surface area contributed by atoms with Crippen molar-refractivity contribution in [1.82, 2.24) is 15.5 Å². The van der Waals surface area contributed by atoms with Crippen molar-refractivity contribution < 1.29 is 4.52 Å². The Morgan fingerprint density at radius 3 is 2.81 bits per heavy atom. The first-order valence-corrected chi connectivity index (χ1v) is 6.02. The third-order valence-corrected chi connectivity index (χ3v) is 3.59. The van der Waals surface area contributed by atoms with Gasteiger partial charge in [-0.1, -0.05) is 19.0 Å². The van der Waals surface area contributed by atoms with Crippen LogP contribution in [0.3, 0.4) is 0 Å². The Balaban J connectivity index is 1.88. The Hall–Kier alpha value is -0.900. The van der Waals surface area contributed by atoms with Crippen molar-refractivity contribution in [3.63, 3.8) is 0 Å². The van der Waals surface area contributed by atoms with Gasteiger partial charge in [0.25, 0.3) is 0 Å². The van der Waals surface area contributed by atoms with Crippen molar-refractivity contribution in [2.45, 2.75) is 52.0 Å². The topological polar surface area (TPSA) is 51.0 Å². The molecule has 16 heavy (non-hydrogen) atoms. The summed E-state index contributed by atoms with van der Waals surface area (Å²) in [6.07, 6.45) is 3.08. The third kappa shape index (κ3) is 2.43. The molecule has 90 valence electrons. The molecule has 4 heteroatoms. The largest absolute Gasteiger partial charge is 0.339 e. The smallest absolute Gasteiger partial charge is 0.226 e. The molecule has 4 nitrogen and oxygen atoms in total. The predicted octanol–water partition coefficient (Wildman–Crippen LogP) is 2.12. The molecule has 1 aliphatic carbocycles. The van der Waals surface area contributed by atoms with Crippen LogP contribution in [0.15, 0.2) is 4.52 Å². The van der Waals surface area contributed by atoms with Crippen molar-refractivity contribution in [1.29, 1.82) is 0 Å². The van der Waals surface area contributed by atoms with Crippen molar-refractivity contribution in [2.24, 2.45) is 5.41 Å². The summed E-state index contributed by atoms with van der Waals surface area (Å²) in [7, 11) is 1.97. The van der Waals surface area contributed by atoms with Gasteiger partial charge >= 0.3 is 0 Å². The van der Waals surface area contributed by atoms with Gasteiger partial charge in [0.1, 0.15) is 0 Å². The molecule has 2 unspecified atom stereocenters. The van der Waals surface area contributed by atoms with Gasteiger partial charge in [-0.05, 0) is 32.2 Å². The highest BCUT2D eigenvalue weighted by molar-refractivity contribution is 5.14. The third-order valence-electron chi connectivity index (χ3n) is 3.59. The Bertz CT molecular complexity index is 359. The minimum Gasteiger partial charge on any atom is -0.339 e. The monoisotopic (exact) mass is 223 g/mol. The van der Waals surface area contributed by atoms with Gasteiger partial charge in [-0.15, -0.1) is 0 Å². The zero-order valence-corrected chi connectivity index (χ0v) is 10.6. The van der Waals surface area contributed by atoms with E-state index in [0.717, 1.165) is 24.6 Å². The lowest BCUT2D eigenvalue weighted by molar-refractivity contribution is 0.363. The molecule has 1 aliphatic rings. The molecule has 1 saturated carbocycles. The second kappa shape index (κ2) is 4.17. The summed E-state index contributed by atoms with van der Waals surface area (Å²) in [5.41, 5.74) is 0.374. The second-order valence-electron chi connectivity index (χ2n) is 5.52. The van der Waals surface area contributed by atoms with Gasteiger partial charge in [-0.3, -0.25) is 0 Å². The molecule has 0 saturated heterocycles. The molecule has 1 aromatic rings. The van der Waals surface area contributed by atoms with E-state index in [9.17, 15) is 0 Å². The summed E-state index contributed by atoms with van der Waals surface area (Å²) >= 11 is 0. The molecule has 1 fully saturated rings. The normalized spacial score (nSPS) is 24.4. The Morgan fingerprint density at radius 2 is 2.25 bits per heavy atom. The minimum atomic E-state index is 0.374. The summed E-state index contributed by atoms with van der Waals surface area (Å²) in [6, 6.07) is 0.493. The maximum Gasteiger partial charge on any atom is 0.226 e. The SMILES string of the molecule is CNC(C)CCc1nc(C2CC2(C)C)no1. The van der Waals surface area contributed by atoms with E-state index in [1.165, 1.54) is 6.42 Å². The van der Waals surface area contributed by atoms with E-state index in [4.69, 9.17) is 4.52 Å². The zero-order chi connectivity index (χ0) is 11.8. The van der Waals surface area contributed by atoms with Crippen LogP contribution < -0.4 is 5.32 Å². The van der Waals surface area contributed by atoms with E-state index >= 15 is 0 Å². The molecule has 2 rings (SSSR count). The van der Waals surface area contributed by atoms with Crippen LogP contribution >= 0.6 is 0 Å². The van der Waals surface area contributed by atoms with E-state index in [-0.39, 0.29) is 0 Å². The fraction of sp³-hybridized carbons (Fsp3) is 0.833. The molecule has 0 radical (unpaired) electrons. The minimum absolute atomic E-state index is 0.374. The molecule has 0 amide bonds. The summed E-state index contributed by atoms with van der Waals surface area (Å²) in [5.74, 6) is 2.18. The average molecular weight is 223 g/mol. The Labute approximate surface area is 96.8 Å². The number of hydrogen-bond acceptors (Lipinski definition) is 4. The Morgan fingerprint density at radius 1 is 1.56 bits per heavy atom. The zero-order valence-electron chi connectivity index (χ0n) is 10.6. The van der Waals surface area contributed by atoms with E-state index in [2.05, 4.69) is 36.2 Å². The predicted molar refractivity (Wildman–Crippen MR) is 62.3 cm³/mol. The van der Waals surface area contributed by atoms with Crippen LogP contribution in [-0.4, -0.2) is 23.2 Å². The van der Waals surface area contributed by atoms with Gasteiger partial charge in [0, 0.05) is 18.4 Å². The lowest BCUT2D eigenvalue weighted by Gasteiger charge is -2.06. The lowest BCUT2D eigenvalue weighted by Crippen LogP contribution is -2.21. The quantitative estimate of drug-likeness (QED) is 0.830. The molecule has 1 heterocycles. The molecule has 0 aliphatic heterocycles. The molecule has 1 N–H and O–H groups in total. The van der Waals surface area contributed by atoms with E-state index in [1.54, 1.807) is 0 Å². The summed E-state index contributed by atoms with van der Waals surface area (Å²) in [5, 5.41) is 7.27. The van der Waals surface area contributed by atoms with Crippen LogP contribution in [0, 0.1) is 5.41 Å². The highest BCUT2D eigenvalue weighted by Crippen LogP contribution is 2.57. The van der Waals surface area contributed by atoms with Crippen LogP contribution in [0.1, 0.15) is 51.2 Å². The number of aromatic nitrogens is 2. The first-order chi connectivity index (χ1) is 7.53. The van der Waals surface area contributed by atoms with Crippen LogP contribution in [0.25, 0.3) is 0 Å². The number of hydrogen-bond donors (Lipinski definition) is 1. The number of aryl methyl sites for hydroxylation is 1. The van der Waals surface area contributed by atoms with Crippen LogP contribution in [-0.2, 0) is 6.42 Å². The van der Waals surface area contributed by atoms with Gasteiger partial charge in [-0.2, -0.15) is 4.98 Å². The number of rotatable bonds is 5. The standard InChI is InChI=1S/C12H21N3O/c1-8(13-4)5-6-10-14-11(15-16-10)9-7-12(9,2)3/h8-9,13H,5-7H2,1-4H3. The van der Waals surface area contributed by atoms with Gasteiger partial charge in [0.15, 0.2) is 5.82 Å². The first-order valence-electron chi connectivity index (χ1n) is 6.02. The second-order valence-corrected chi connectivity index (χ2v) is 5.52. The number of nitrogens with one attached hydrogen (secondary N) is 1. The fourth-order valence-electron chi connectivity index (χ4n) is 1.90. The number of nitrogens with zero attached hydrogens (tertiary/aromatic N) is 2. The molecule has 1 aromatic heterocycles.